The van der Waals surface area contributed by atoms with E-state index in [9.17, 15) is 4.79 Å². The molecule has 1 aromatic heterocycles. The van der Waals surface area contributed by atoms with Crippen molar-refractivity contribution in [2.45, 2.75) is 6.92 Å². The maximum Gasteiger partial charge on any atom is 0.248 e. The summed E-state index contributed by atoms with van der Waals surface area (Å²) in [5.41, 5.74) is 2.56. The highest BCUT2D eigenvalue weighted by atomic mass is 16.1. The monoisotopic (exact) mass is 201 g/mol. The minimum absolute atomic E-state index is 0.128. The molecule has 0 aliphatic rings. The van der Waals surface area contributed by atoms with Crippen molar-refractivity contribution in [2.75, 3.05) is 5.32 Å². The van der Waals surface area contributed by atoms with Crippen molar-refractivity contribution in [3.05, 3.63) is 36.7 Å². The highest BCUT2D eigenvalue weighted by Gasteiger charge is 2.00. The maximum absolute atomic E-state index is 11.3. The lowest BCUT2D eigenvalue weighted by molar-refractivity contribution is -0.111. The van der Waals surface area contributed by atoms with Gasteiger partial charge < -0.3 is 10.3 Å². The number of carbonyl (C=O) groups excluding carboxylic acids is 1. The van der Waals surface area contributed by atoms with Crippen LogP contribution in [-0.2, 0) is 4.79 Å². The third-order valence-electron chi connectivity index (χ3n) is 2.01. The van der Waals surface area contributed by atoms with Gasteiger partial charge in [-0.2, -0.15) is 0 Å². The number of hydrogen-bond donors (Lipinski definition) is 2. The smallest absolute Gasteiger partial charge is 0.248 e. The summed E-state index contributed by atoms with van der Waals surface area (Å²) < 4.78 is 0. The molecule has 0 atom stereocenters. The second-order valence-corrected chi connectivity index (χ2v) is 3.12. The molecule has 4 heteroatoms. The predicted octanol–water partition coefficient (Wildman–Crippen LogP) is 2.08. The van der Waals surface area contributed by atoms with Crippen molar-refractivity contribution in [1.29, 1.82) is 0 Å². The molecule has 4 nitrogen and oxygen atoms in total. The van der Waals surface area contributed by atoms with Crippen molar-refractivity contribution in [2.24, 2.45) is 0 Å². The SMILES string of the molecule is C/C=C/C(=O)Nc1ccc2nc[nH]c2c1. The van der Waals surface area contributed by atoms with E-state index in [0.717, 1.165) is 16.7 Å². The van der Waals surface area contributed by atoms with Gasteiger partial charge in [0.25, 0.3) is 0 Å². The molecule has 0 saturated carbocycles. The number of carbonyl (C=O) groups is 1. The van der Waals surface area contributed by atoms with Gasteiger partial charge in [-0.1, -0.05) is 6.08 Å². The zero-order chi connectivity index (χ0) is 10.7. The van der Waals surface area contributed by atoms with Gasteiger partial charge in [-0.15, -0.1) is 0 Å². The van der Waals surface area contributed by atoms with Gasteiger partial charge in [0.05, 0.1) is 17.4 Å². The number of benzene rings is 1. The lowest BCUT2D eigenvalue weighted by Crippen LogP contribution is -2.07. The van der Waals surface area contributed by atoms with E-state index in [0.29, 0.717) is 0 Å². The van der Waals surface area contributed by atoms with Gasteiger partial charge in [-0.05, 0) is 31.2 Å². The lowest BCUT2D eigenvalue weighted by Gasteiger charge is -2.01. The van der Waals surface area contributed by atoms with Gasteiger partial charge in [-0.25, -0.2) is 4.98 Å². The molecule has 0 spiro atoms. The number of aromatic amines is 1. The Bertz CT molecular complexity index is 513. The Morgan fingerprint density at radius 1 is 1.53 bits per heavy atom. The Balaban J connectivity index is 2.24. The molecular formula is C11H11N3O. The van der Waals surface area contributed by atoms with Crippen LogP contribution in [0.4, 0.5) is 5.69 Å². The molecule has 0 unspecified atom stereocenters. The van der Waals surface area contributed by atoms with Crippen LogP contribution in [0.2, 0.25) is 0 Å². The zero-order valence-electron chi connectivity index (χ0n) is 8.32. The molecular weight excluding hydrogens is 190 g/mol. The molecule has 0 radical (unpaired) electrons. The first kappa shape index (κ1) is 9.45. The highest BCUT2D eigenvalue weighted by Crippen LogP contribution is 2.15. The average molecular weight is 201 g/mol. The quantitative estimate of drug-likeness (QED) is 0.731. The molecule has 0 saturated heterocycles. The Morgan fingerprint density at radius 3 is 3.20 bits per heavy atom. The van der Waals surface area contributed by atoms with Crippen LogP contribution in [0.25, 0.3) is 11.0 Å². The minimum Gasteiger partial charge on any atom is -0.345 e. The van der Waals surface area contributed by atoms with E-state index < -0.39 is 0 Å². The molecule has 1 heterocycles. The second-order valence-electron chi connectivity index (χ2n) is 3.12. The molecule has 0 aliphatic carbocycles. The van der Waals surface area contributed by atoms with Crippen LogP contribution in [0.5, 0.6) is 0 Å². The van der Waals surface area contributed by atoms with E-state index in [1.165, 1.54) is 6.08 Å². The number of nitrogens with one attached hydrogen (secondary N) is 2. The number of anilines is 1. The third-order valence-corrected chi connectivity index (χ3v) is 2.01. The van der Waals surface area contributed by atoms with Gasteiger partial charge >= 0.3 is 0 Å². The Morgan fingerprint density at radius 2 is 2.40 bits per heavy atom. The summed E-state index contributed by atoms with van der Waals surface area (Å²) in [5.74, 6) is -0.128. The number of nitrogens with zero attached hydrogens (tertiary/aromatic N) is 1. The molecule has 76 valence electrons. The van der Waals surface area contributed by atoms with Crippen molar-refractivity contribution < 1.29 is 4.79 Å². The van der Waals surface area contributed by atoms with E-state index in [1.54, 1.807) is 19.3 Å². The molecule has 0 fully saturated rings. The van der Waals surface area contributed by atoms with Crippen molar-refractivity contribution >= 4 is 22.6 Å². The fourth-order valence-corrected chi connectivity index (χ4v) is 1.35. The minimum atomic E-state index is -0.128. The molecule has 2 N–H and O–H groups in total. The average Bonchev–Trinajstić information content (AvgIpc) is 2.65. The van der Waals surface area contributed by atoms with Crippen LogP contribution in [0, 0.1) is 0 Å². The molecule has 1 amide bonds. The summed E-state index contributed by atoms with van der Waals surface area (Å²) in [7, 11) is 0. The fourth-order valence-electron chi connectivity index (χ4n) is 1.35. The second kappa shape index (κ2) is 3.96. The summed E-state index contributed by atoms with van der Waals surface area (Å²) in [4.78, 5) is 18.3. The Kier molecular flexibility index (Phi) is 2.49. The zero-order valence-corrected chi connectivity index (χ0v) is 8.32. The summed E-state index contributed by atoms with van der Waals surface area (Å²) in [6.07, 6.45) is 4.81. The number of hydrogen-bond acceptors (Lipinski definition) is 2. The van der Waals surface area contributed by atoms with E-state index in [2.05, 4.69) is 15.3 Å². The fraction of sp³-hybridized carbons (Fsp3) is 0.0909. The topological polar surface area (TPSA) is 57.8 Å². The van der Waals surface area contributed by atoms with Crippen molar-refractivity contribution in [1.82, 2.24) is 9.97 Å². The number of fused-ring (bicyclic) bond motifs is 1. The molecule has 2 aromatic rings. The van der Waals surface area contributed by atoms with Gasteiger partial charge in [0.15, 0.2) is 0 Å². The molecule has 2 rings (SSSR count). The molecule has 1 aromatic carbocycles. The summed E-state index contributed by atoms with van der Waals surface area (Å²) >= 11 is 0. The van der Waals surface area contributed by atoms with E-state index in [1.807, 2.05) is 18.2 Å². The standard InChI is InChI=1S/C11H11N3O/c1-2-3-11(15)14-8-4-5-9-10(6-8)13-7-12-9/h2-7H,1H3,(H,12,13)(H,14,15)/b3-2+. The number of aromatic nitrogens is 2. The largest absolute Gasteiger partial charge is 0.345 e. The van der Waals surface area contributed by atoms with Crippen LogP contribution in [-0.4, -0.2) is 15.9 Å². The third kappa shape index (κ3) is 2.04. The van der Waals surface area contributed by atoms with Crippen LogP contribution in [0.1, 0.15) is 6.92 Å². The first-order chi connectivity index (χ1) is 7.29. The maximum atomic E-state index is 11.3. The van der Waals surface area contributed by atoms with Crippen LogP contribution in [0.3, 0.4) is 0 Å². The van der Waals surface area contributed by atoms with Gasteiger partial charge in [0, 0.05) is 5.69 Å². The van der Waals surface area contributed by atoms with Crippen molar-refractivity contribution in [3.63, 3.8) is 0 Å². The first-order valence-electron chi connectivity index (χ1n) is 4.66. The van der Waals surface area contributed by atoms with Gasteiger partial charge in [0.2, 0.25) is 5.91 Å². The van der Waals surface area contributed by atoms with E-state index in [4.69, 9.17) is 0 Å². The number of allylic oxidation sites excluding steroid dienone is 1. The number of amides is 1. The lowest BCUT2D eigenvalue weighted by atomic mass is 10.2. The van der Waals surface area contributed by atoms with Gasteiger partial charge in [0.1, 0.15) is 0 Å². The van der Waals surface area contributed by atoms with Crippen LogP contribution < -0.4 is 5.32 Å². The summed E-state index contributed by atoms with van der Waals surface area (Å²) in [6, 6.07) is 5.53. The molecule has 0 bridgehead atoms. The number of H-pyrrole nitrogens is 1. The summed E-state index contributed by atoms with van der Waals surface area (Å²) in [5, 5.41) is 2.75. The van der Waals surface area contributed by atoms with Crippen LogP contribution in [0.15, 0.2) is 36.7 Å². The van der Waals surface area contributed by atoms with Gasteiger partial charge in [-0.3, -0.25) is 4.79 Å². The predicted molar refractivity (Wildman–Crippen MR) is 59.5 cm³/mol. The molecule has 0 aliphatic heterocycles. The molecule has 15 heavy (non-hydrogen) atoms. The number of imidazole rings is 1. The van der Waals surface area contributed by atoms with Crippen molar-refractivity contribution in [3.8, 4) is 0 Å². The highest BCUT2D eigenvalue weighted by molar-refractivity contribution is 6.00. The first-order valence-corrected chi connectivity index (χ1v) is 4.66. The normalized spacial score (nSPS) is 11.0. The Hall–Kier alpha value is -2.10. The Labute approximate surface area is 87.0 Å². The summed E-state index contributed by atoms with van der Waals surface area (Å²) in [6.45, 7) is 1.80. The van der Waals surface area contributed by atoms with Crippen LogP contribution >= 0.6 is 0 Å². The van der Waals surface area contributed by atoms with E-state index >= 15 is 0 Å². The number of rotatable bonds is 2. The van der Waals surface area contributed by atoms with E-state index in [-0.39, 0.29) is 5.91 Å².